The number of esters is 1. The van der Waals surface area contributed by atoms with Crippen molar-refractivity contribution < 1.29 is 18.7 Å². The number of carbonyl (C=O) groups excluding carboxylic acids is 1. The Hall–Kier alpha value is -0.693. The zero-order valence-electron chi connectivity index (χ0n) is 19.1. The molecule has 1 unspecified atom stereocenters. The van der Waals surface area contributed by atoms with Gasteiger partial charge in [-0.2, -0.15) is 0 Å². The Morgan fingerprint density at radius 1 is 1.14 bits per heavy atom. The molecule has 162 valence electrons. The van der Waals surface area contributed by atoms with E-state index in [0.29, 0.717) is 23.2 Å². The molecule has 1 heterocycles. The van der Waals surface area contributed by atoms with Crippen LogP contribution in [0.4, 0.5) is 0 Å². The summed E-state index contributed by atoms with van der Waals surface area (Å²) < 4.78 is 18.7. The van der Waals surface area contributed by atoms with Gasteiger partial charge in [-0.1, -0.05) is 47.6 Å². The van der Waals surface area contributed by atoms with Gasteiger partial charge in [-0.05, 0) is 55.8 Å². The second kappa shape index (κ2) is 9.41. The van der Waals surface area contributed by atoms with Gasteiger partial charge in [-0.3, -0.25) is 5.32 Å². The molecule has 1 N–H and O–H groups in total. The van der Waals surface area contributed by atoms with E-state index in [1.165, 1.54) is 0 Å². The van der Waals surface area contributed by atoms with Crippen LogP contribution in [-0.4, -0.2) is 44.9 Å². The Bertz CT molecular complexity index is 537. The lowest BCUT2D eigenvalue weighted by Gasteiger charge is -2.45. The molecule has 0 amide bonds. The second-order valence-electron chi connectivity index (χ2n) is 9.76. The quantitative estimate of drug-likeness (QED) is 0.349. The van der Waals surface area contributed by atoms with Crippen molar-refractivity contribution in [1.82, 2.24) is 5.32 Å². The van der Waals surface area contributed by atoms with Crippen molar-refractivity contribution in [3.63, 3.8) is 0 Å². The topological polar surface area (TPSA) is 56.8 Å². The molecule has 1 aliphatic carbocycles. The summed E-state index contributed by atoms with van der Waals surface area (Å²) in [6.07, 6.45) is 6.33. The maximum absolute atomic E-state index is 13.3. The van der Waals surface area contributed by atoms with E-state index in [9.17, 15) is 4.79 Å². The van der Waals surface area contributed by atoms with Crippen molar-refractivity contribution in [2.45, 2.75) is 115 Å². The van der Waals surface area contributed by atoms with Crippen molar-refractivity contribution in [2.75, 3.05) is 6.61 Å². The number of allylic oxidation sites excluding steroid dienone is 1. The fourth-order valence-corrected chi connectivity index (χ4v) is 10.5. The summed E-state index contributed by atoms with van der Waals surface area (Å²) in [7, 11) is -2.25. The van der Waals surface area contributed by atoms with Gasteiger partial charge in [0.25, 0.3) is 0 Å². The molecule has 5 nitrogen and oxygen atoms in total. The number of rotatable bonds is 8. The Balaban J connectivity index is 2.30. The molecule has 3 atom stereocenters. The van der Waals surface area contributed by atoms with Gasteiger partial charge in [0.15, 0.2) is 6.10 Å². The maximum Gasteiger partial charge on any atom is 0.336 e. The lowest BCUT2D eigenvalue weighted by Crippen LogP contribution is -2.58. The largest absolute Gasteiger partial charge is 0.456 e. The normalized spacial score (nSPS) is 26.2. The second-order valence-corrected chi connectivity index (χ2v) is 15.2. The Morgan fingerprint density at radius 3 is 2.18 bits per heavy atom. The first-order valence-corrected chi connectivity index (χ1v) is 13.1. The predicted octanol–water partition coefficient (Wildman–Crippen LogP) is 4.92. The minimum absolute atomic E-state index is 0.143. The smallest absolute Gasteiger partial charge is 0.336 e. The van der Waals surface area contributed by atoms with E-state index in [0.717, 1.165) is 19.3 Å². The van der Waals surface area contributed by atoms with Crippen molar-refractivity contribution in [3.8, 4) is 0 Å². The first-order chi connectivity index (χ1) is 13.0. The molecule has 0 aromatic carbocycles. The van der Waals surface area contributed by atoms with Gasteiger partial charge in [0, 0.05) is 0 Å². The fourth-order valence-electron chi connectivity index (χ4n) is 5.01. The summed E-state index contributed by atoms with van der Waals surface area (Å²) in [4.78, 5) is 13.3. The zero-order valence-corrected chi connectivity index (χ0v) is 20.1. The lowest BCUT2D eigenvalue weighted by atomic mass is 10.1. The molecule has 6 heteroatoms. The molecule has 1 aliphatic heterocycles. The summed E-state index contributed by atoms with van der Waals surface area (Å²) in [5, 5.41) is 3.44. The van der Waals surface area contributed by atoms with Gasteiger partial charge >= 0.3 is 5.97 Å². The van der Waals surface area contributed by atoms with Crippen molar-refractivity contribution in [2.24, 2.45) is 0 Å². The van der Waals surface area contributed by atoms with Crippen LogP contribution in [0.25, 0.3) is 0 Å². The predicted molar refractivity (Wildman–Crippen MR) is 116 cm³/mol. The molecule has 28 heavy (non-hydrogen) atoms. The standard InChI is InChI=1S/C22H41NO4Si/c1-15(2)28(16(3)4,17(5)6)27-20(19-14-25-22(7,8)23-19)21(24)26-18-12-10-9-11-13-18/h10,12,15-20,23H,9,11,13-14H2,1-8H3/t18?,19-,20+/m1/s1. The van der Waals surface area contributed by atoms with Crippen LogP contribution in [0, 0.1) is 0 Å². The molecule has 0 radical (unpaired) electrons. The highest BCUT2D eigenvalue weighted by atomic mass is 28.4. The number of carbonyl (C=O) groups is 1. The van der Waals surface area contributed by atoms with E-state index in [-0.39, 0.29) is 18.1 Å². The Labute approximate surface area is 172 Å². The van der Waals surface area contributed by atoms with Gasteiger partial charge in [-0.25, -0.2) is 4.79 Å². The van der Waals surface area contributed by atoms with Crippen molar-refractivity contribution in [1.29, 1.82) is 0 Å². The third-order valence-corrected chi connectivity index (χ3v) is 12.3. The average molecular weight is 412 g/mol. The van der Waals surface area contributed by atoms with Gasteiger partial charge < -0.3 is 13.9 Å². The Morgan fingerprint density at radius 2 is 1.75 bits per heavy atom. The molecule has 0 saturated carbocycles. The summed E-state index contributed by atoms with van der Waals surface area (Å²) in [5.41, 5.74) is 0.725. The first-order valence-electron chi connectivity index (χ1n) is 11.0. The number of nitrogens with one attached hydrogen (secondary N) is 1. The highest BCUT2D eigenvalue weighted by Crippen LogP contribution is 2.43. The van der Waals surface area contributed by atoms with Crippen molar-refractivity contribution >= 4 is 14.3 Å². The van der Waals surface area contributed by atoms with E-state index in [4.69, 9.17) is 13.9 Å². The highest BCUT2D eigenvalue weighted by Gasteiger charge is 2.51. The van der Waals surface area contributed by atoms with Gasteiger partial charge in [0.1, 0.15) is 11.8 Å². The van der Waals surface area contributed by atoms with E-state index in [2.05, 4.69) is 52.9 Å². The molecule has 0 aromatic rings. The summed E-state index contributed by atoms with van der Waals surface area (Å²) in [5.74, 6) is -0.255. The first kappa shape index (κ1) is 23.6. The Kier molecular flexibility index (Phi) is 7.93. The minimum Gasteiger partial charge on any atom is -0.456 e. The molecule has 0 bridgehead atoms. The van der Waals surface area contributed by atoms with Crippen LogP contribution >= 0.6 is 0 Å². The lowest BCUT2D eigenvalue weighted by molar-refractivity contribution is -0.157. The molecule has 2 rings (SSSR count). The van der Waals surface area contributed by atoms with Crippen LogP contribution < -0.4 is 5.32 Å². The van der Waals surface area contributed by atoms with E-state index in [1.54, 1.807) is 0 Å². The summed E-state index contributed by atoms with van der Waals surface area (Å²) in [6, 6.07) is -0.196. The average Bonchev–Trinajstić information content (AvgIpc) is 2.95. The van der Waals surface area contributed by atoms with Gasteiger partial charge in [0.2, 0.25) is 8.32 Å². The molecule has 0 aromatic heterocycles. The third kappa shape index (κ3) is 5.26. The highest BCUT2D eigenvalue weighted by molar-refractivity contribution is 6.77. The monoisotopic (exact) mass is 411 g/mol. The summed E-state index contributed by atoms with van der Waals surface area (Å²) in [6.45, 7) is 17.8. The van der Waals surface area contributed by atoms with Crippen LogP contribution in [0.15, 0.2) is 12.2 Å². The van der Waals surface area contributed by atoms with E-state index >= 15 is 0 Å². The number of hydrogen-bond donors (Lipinski definition) is 1. The zero-order chi connectivity index (χ0) is 21.1. The van der Waals surface area contributed by atoms with Crippen LogP contribution in [0.5, 0.6) is 0 Å². The van der Waals surface area contributed by atoms with Crippen LogP contribution in [0.3, 0.4) is 0 Å². The number of hydrogen-bond acceptors (Lipinski definition) is 5. The molecule has 1 saturated heterocycles. The molecule has 0 spiro atoms. The van der Waals surface area contributed by atoms with Crippen LogP contribution in [0.1, 0.15) is 74.7 Å². The number of ether oxygens (including phenoxy) is 2. The third-order valence-electron chi connectivity index (χ3n) is 6.27. The molecular formula is C22H41NO4Si. The van der Waals surface area contributed by atoms with E-state index < -0.39 is 20.1 Å². The van der Waals surface area contributed by atoms with Gasteiger partial charge in [0.05, 0.1) is 12.6 Å². The van der Waals surface area contributed by atoms with Crippen molar-refractivity contribution in [3.05, 3.63) is 12.2 Å². The SMILES string of the molecule is CC(C)[Si](O[C@H](C(=O)OC1C=CCCC1)[C@H]1COC(C)(C)N1)(C(C)C)C(C)C. The van der Waals surface area contributed by atoms with Gasteiger partial charge in [-0.15, -0.1) is 0 Å². The van der Waals surface area contributed by atoms with Crippen LogP contribution in [-0.2, 0) is 18.7 Å². The van der Waals surface area contributed by atoms with Crippen LogP contribution in [0.2, 0.25) is 16.6 Å². The molecule has 1 fully saturated rings. The maximum atomic E-state index is 13.3. The minimum atomic E-state index is -2.25. The molecular weight excluding hydrogens is 370 g/mol. The summed E-state index contributed by atoms with van der Waals surface area (Å²) >= 11 is 0. The van der Waals surface area contributed by atoms with E-state index in [1.807, 2.05) is 19.9 Å². The molecule has 2 aliphatic rings. The fraction of sp³-hybridized carbons (Fsp3) is 0.864.